The molecule has 5 heteroatoms. The van der Waals surface area contributed by atoms with Gasteiger partial charge in [-0.2, -0.15) is 0 Å². The largest absolute Gasteiger partial charge is 2.00 e. The van der Waals surface area contributed by atoms with Gasteiger partial charge in [-0.3, -0.25) is 4.98 Å². The summed E-state index contributed by atoms with van der Waals surface area (Å²) in [6.07, 6.45) is 1.81. The van der Waals surface area contributed by atoms with Gasteiger partial charge in [-0.15, -0.1) is 53.1 Å². The average molecular weight is 748 g/mol. The Labute approximate surface area is 265 Å². The van der Waals surface area contributed by atoms with Gasteiger partial charge in [0.05, 0.1) is 5.58 Å². The first-order valence-corrected chi connectivity index (χ1v) is 14.7. The maximum Gasteiger partial charge on any atom is 2.00 e. The number of benzene rings is 5. The molecule has 4 heterocycles. The minimum absolute atomic E-state index is 0. The molecule has 0 saturated carbocycles. The molecule has 3 nitrogen and oxygen atoms in total. The molecule has 0 aliphatic carbocycles. The van der Waals surface area contributed by atoms with E-state index in [1.165, 1.54) is 10.1 Å². The second kappa shape index (κ2) is 10.3. The quantitative estimate of drug-likeness (QED) is 0.169. The fourth-order valence-corrected chi connectivity index (χ4v) is 7.16. The van der Waals surface area contributed by atoms with E-state index in [1.807, 2.05) is 48.7 Å². The van der Waals surface area contributed by atoms with Crippen molar-refractivity contribution in [2.45, 2.75) is 0 Å². The summed E-state index contributed by atoms with van der Waals surface area (Å²) in [6.45, 7) is 0. The van der Waals surface area contributed by atoms with Crippen molar-refractivity contribution in [3.8, 4) is 33.8 Å². The van der Waals surface area contributed by atoms with E-state index in [-0.39, 0.29) is 21.1 Å². The van der Waals surface area contributed by atoms with Gasteiger partial charge in [0.2, 0.25) is 0 Å². The summed E-state index contributed by atoms with van der Waals surface area (Å²) in [4.78, 5) is 9.91. The molecule has 0 aliphatic rings. The number of hydrogen-bond acceptors (Lipinski definition) is 4. The Kier molecular flexibility index (Phi) is 6.22. The molecule has 0 fully saturated rings. The summed E-state index contributed by atoms with van der Waals surface area (Å²) in [7, 11) is 0. The first kappa shape index (κ1) is 26.0. The zero-order valence-corrected chi connectivity index (χ0v) is 25.7. The molecule has 204 valence electrons. The molecule has 0 saturated heterocycles. The zero-order valence-electron chi connectivity index (χ0n) is 22.6. The average Bonchev–Trinajstić information content (AvgIpc) is 3.64. The third-order valence-corrected chi connectivity index (χ3v) is 9.08. The number of para-hydroxylation sites is 1. The predicted molar refractivity (Wildman–Crippen MR) is 174 cm³/mol. The topological polar surface area (TPSA) is 38.9 Å². The van der Waals surface area contributed by atoms with Crippen LogP contribution in [0.5, 0.6) is 0 Å². The van der Waals surface area contributed by atoms with Gasteiger partial charge in [0, 0.05) is 32.4 Å². The molecule has 9 aromatic rings. The van der Waals surface area contributed by atoms with Crippen LogP contribution in [0, 0.1) is 12.1 Å². The van der Waals surface area contributed by atoms with E-state index in [4.69, 9.17) is 9.40 Å². The normalized spacial score (nSPS) is 11.5. The third kappa shape index (κ3) is 4.13. The third-order valence-electron chi connectivity index (χ3n) is 7.89. The fraction of sp³-hybridized carbons (Fsp3) is 0. The Morgan fingerprint density at radius 1 is 0.628 bits per heavy atom. The smallest absolute Gasteiger partial charge is 0.491 e. The minimum Gasteiger partial charge on any atom is -0.491 e. The van der Waals surface area contributed by atoms with E-state index in [2.05, 4.69) is 89.9 Å². The van der Waals surface area contributed by atoms with Crippen molar-refractivity contribution in [1.82, 2.24) is 9.97 Å². The van der Waals surface area contributed by atoms with Crippen LogP contribution < -0.4 is 0 Å². The summed E-state index contributed by atoms with van der Waals surface area (Å²) in [5.41, 5.74) is 7.00. The van der Waals surface area contributed by atoms with Crippen LogP contribution in [0.3, 0.4) is 0 Å². The molecule has 0 aliphatic heterocycles. The molecule has 5 aromatic carbocycles. The van der Waals surface area contributed by atoms with Crippen molar-refractivity contribution in [3.63, 3.8) is 0 Å². The van der Waals surface area contributed by atoms with Gasteiger partial charge in [0.25, 0.3) is 0 Å². The number of pyridine rings is 2. The molecule has 0 bridgehead atoms. The number of aromatic nitrogens is 2. The van der Waals surface area contributed by atoms with E-state index >= 15 is 0 Å². The molecule has 9 rings (SSSR count). The van der Waals surface area contributed by atoms with Gasteiger partial charge >= 0.3 is 21.1 Å². The van der Waals surface area contributed by atoms with Crippen LogP contribution in [0.2, 0.25) is 0 Å². The van der Waals surface area contributed by atoms with Crippen LogP contribution >= 0.6 is 11.3 Å². The zero-order chi connectivity index (χ0) is 27.6. The van der Waals surface area contributed by atoms with Crippen molar-refractivity contribution in [1.29, 1.82) is 0 Å². The monoisotopic (exact) mass is 747 g/mol. The summed E-state index contributed by atoms with van der Waals surface area (Å²) in [6, 6.07) is 46.8. The van der Waals surface area contributed by atoms with E-state index < -0.39 is 0 Å². The number of fused-ring (bicyclic) bond motifs is 8. The molecule has 0 atom stereocenters. The Morgan fingerprint density at radius 2 is 1.37 bits per heavy atom. The maximum absolute atomic E-state index is 6.61. The second-order valence-corrected chi connectivity index (χ2v) is 11.4. The second-order valence-electron chi connectivity index (χ2n) is 10.4. The maximum atomic E-state index is 6.61. The summed E-state index contributed by atoms with van der Waals surface area (Å²) in [5, 5.41) is 6.74. The van der Waals surface area contributed by atoms with Crippen molar-refractivity contribution < 1.29 is 25.5 Å². The summed E-state index contributed by atoms with van der Waals surface area (Å²) in [5.74, 6) is 0. The van der Waals surface area contributed by atoms with Gasteiger partial charge in [0.1, 0.15) is 5.58 Å². The predicted octanol–water partition coefficient (Wildman–Crippen LogP) is 10.5. The summed E-state index contributed by atoms with van der Waals surface area (Å²) < 4.78 is 8.95. The Bertz CT molecular complexity index is 2480. The van der Waals surface area contributed by atoms with E-state index in [0.29, 0.717) is 0 Å². The standard InChI is InChI=1S/C38H20N2OS.Pt/c1-2-13-26-23(10-1)21-30(37-35(26)28-15-3-5-17-33(28)41-37)36-38-29(27-14-4-6-18-34(27)42-38)22-32(40-36)25-12-9-11-24(20-25)31-16-7-8-19-39-31;/h1-19,22H;/q-2;+2. The molecular weight excluding hydrogens is 728 g/mol. The Morgan fingerprint density at radius 3 is 2.23 bits per heavy atom. The van der Waals surface area contributed by atoms with Crippen LogP contribution in [-0.4, -0.2) is 9.97 Å². The van der Waals surface area contributed by atoms with Crippen molar-refractivity contribution in [3.05, 3.63) is 134 Å². The molecule has 4 aromatic heterocycles. The number of nitrogens with zero attached hydrogens (tertiary/aromatic N) is 2. The molecule has 43 heavy (non-hydrogen) atoms. The van der Waals surface area contributed by atoms with Crippen molar-refractivity contribution in [2.24, 2.45) is 0 Å². The van der Waals surface area contributed by atoms with E-state index in [0.717, 1.165) is 76.6 Å². The Balaban J connectivity index is 0.00000278. The van der Waals surface area contributed by atoms with Gasteiger partial charge < -0.3 is 9.40 Å². The summed E-state index contributed by atoms with van der Waals surface area (Å²) >= 11 is 1.76. The number of rotatable bonds is 3. The number of hydrogen-bond donors (Lipinski definition) is 0. The van der Waals surface area contributed by atoms with Gasteiger partial charge in [-0.25, -0.2) is 0 Å². The fourth-order valence-electron chi connectivity index (χ4n) is 5.98. The SMILES string of the molecule is [Pt+2].[c-]1c(-c2ccccn2)cccc1-c1cc2c(sc3ccccc32)c(-c2[c-]c3ccccc3c3c2oc2ccccc23)n1. The number of thiophene rings is 1. The van der Waals surface area contributed by atoms with Crippen LogP contribution in [0.4, 0.5) is 0 Å². The van der Waals surface area contributed by atoms with Crippen LogP contribution in [0.15, 0.2) is 126 Å². The van der Waals surface area contributed by atoms with Crippen molar-refractivity contribution in [2.75, 3.05) is 0 Å². The van der Waals surface area contributed by atoms with Gasteiger partial charge in [-0.1, -0.05) is 94.9 Å². The molecule has 0 spiro atoms. The van der Waals surface area contributed by atoms with E-state index in [1.54, 1.807) is 11.3 Å². The van der Waals surface area contributed by atoms with Crippen LogP contribution in [0.1, 0.15) is 0 Å². The van der Waals surface area contributed by atoms with Gasteiger partial charge in [-0.05, 0) is 40.1 Å². The van der Waals surface area contributed by atoms with Gasteiger partial charge in [0.15, 0.2) is 0 Å². The first-order valence-electron chi connectivity index (χ1n) is 13.8. The first-order chi connectivity index (χ1) is 20.8. The number of furan rings is 1. The van der Waals surface area contributed by atoms with Crippen molar-refractivity contribution >= 4 is 64.2 Å². The molecule has 0 unspecified atom stereocenters. The van der Waals surface area contributed by atoms with E-state index in [9.17, 15) is 0 Å². The Hall–Kier alpha value is -4.63. The molecular formula is C38H20N2OPtS. The van der Waals surface area contributed by atoms with Crippen LogP contribution in [0.25, 0.3) is 86.7 Å². The molecule has 0 amide bonds. The van der Waals surface area contributed by atoms with Crippen LogP contribution in [-0.2, 0) is 21.1 Å². The molecule has 0 radical (unpaired) electrons. The minimum atomic E-state index is 0. The molecule has 0 N–H and O–H groups in total.